The molecule has 1 atom stereocenters. The number of methoxy groups -OCH3 is 2. The molecule has 4 rings (SSSR count). The van der Waals surface area contributed by atoms with E-state index in [1.54, 1.807) is 16.9 Å². The zero-order valence-corrected chi connectivity index (χ0v) is 19.3. The summed E-state index contributed by atoms with van der Waals surface area (Å²) in [6.07, 6.45) is 0. The molecule has 32 heavy (non-hydrogen) atoms. The second-order valence-corrected chi connectivity index (χ2v) is 9.10. The van der Waals surface area contributed by atoms with Crippen molar-refractivity contribution < 1.29 is 24.2 Å². The Morgan fingerprint density at radius 2 is 1.97 bits per heavy atom. The molecule has 0 bridgehead atoms. The Kier molecular flexibility index (Phi) is 5.81. The predicted octanol–water partition coefficient (Wildman–Crippen LogP) is 1.38. The lowest BCUT2D eigenvalue weighted by molar-refractivity contribution is -0.142. The second kappa shape index (κ2) is 8.29. The van der Waals surface area contributed by atoms with Crippen molar-refractivity contribution in [3.05, 3.63) is 29.5 Å². The molecule has 174 valence electrons. The van der Waals surface area contributed by atoms with Crippen LogP contribution in [0.15, 0.2) is 18.2 Å². The van der Waals surface area contributed by atoms with Gasteiger partial charge in [-0.2, -0.15) is 0 Å². The van der Waals surface area contributed by atoms with E-state index in [1.165, 1.54) is 7.11 Å². The average molecular weight is 445 g/mol. The average Bonchev–Trinajstić information content (AvgIpc) is 3.03. The summed E-state index contributed by atoms with van der Waals surface area (Å²) in [6.45, 7) is 5.03. The van der Waals surface area contributed by atoms with E-state index in [9.17, 15) is 14.7 Å². The van der Waals surface area contributed by atoms with Gasteiger partial charge in [-0.1, -0.05) is 0 Å². The van der Waals surface area contributed by atoms with Gasteiger partial charge >= 0.3 is 6.03 Å². The van der Waals surface area contributed by atoms with Crippen molar-refractivity contribution in [2.24, 2.45) is 7.05 Å². The summed E-state index contributed by atoms with van der Waals surface area (Å²) in [6, 6.07) is 5.39. The van der Waals surface area contributed by atoms with Crippen LogP contribution >= 0.6 is 0 Å². The number of aliphatic hydroxyl groups excluding tert-OH is 1. The molecule has 2 N–H and O–H groups in total. The van der Waals surface area contributed by atoms with Crippen LogP contribution < -0.4 is 10.1 Å². The zero-order chi connectivity index (χ0) is 23.2. The maximum Gasteiger partial charge on any atom is 0.317 e. The summed E-state index contributed by atoms with van der Waals surface area (Å²) in [7, 11) is 5.06. The molecule has 0 radical (unpaired) electrons. The van der Waals surface area contributed by atoms with E-state index in [2.05, 4.69) is 5.32 Å². The Morgan fingerprint density at radius 3 is 2.56 bits per heavy atom. The fourth-order valence-corrected chi connectivity index (χ4v) is 5.25. The Morgan fingerprint density at radius 1 is 1.25 bits per heavy atom. The van der Waals surface area contributed by atoms with Crippen LogP contribution in [0.1, 0.15) is 31.1 Å². The third-order valence-electron chi connectivity index (χ3n) is 6.60. The van der Waals surface area contributed by atoms with Crippen molar-refractivity contribution >= 4 is 22.8 Å². The Balaban J connectivity index is 1.84. The number of fused-ring (bicyclic) bond motifs is 4. The molecular weight excluding hydrogens is 412 g/mol. The van der Waals surface area contributed by atoms with Gasteiger partial charge in [0, 0.05) is 57.0 Å². The van der Waals surface area contributed by atoms with Crippen LogP contribution in [0.4, 0.5) is 4.79 Å². The van der Waals surface area contributed by atoms with Crippen LogP contribution in [0.25, 0.3) is 10.9 Å². The molecule has 9 heteroatoms. The lowest BCUT2D eigenvalue weighted by Gasteiger charge is -2.56. The molecule has 9 nitrogen and oxygen atoms in total. The van der Waals surface area contributed by atoms with Crippen molar-refractivity contribution in [3.63, 3.8) is 0 Å². The molecule has 2 aromatic rings. The number of benzene rings is 1. The number of ether oxygens (including phenoxy) is 2. The number of likely N-dealkylation sites (tertiary alicyclic amines) is 1. The number of amides is 3. The number of aryl methyl sites for hydroxylation is 1. The highest BCUT2D eigenvalue weighted by Gasteiger charge is 2.55. The van der Waals surface area contributed by atoms with Crippen LogP contribution in [-0.2, 0) is 22.0 Å². The maximum absolute atomic E-state index is 13.0. The number of urea groups is 1. The molecule has 2 aliphatic heterocycles. The number of carbonyl (C=O) groups excluding carboxylic acids is 2. The summed E-state index contributed by atoms with van der Waals surface area (Å²) < 4.78 is 12.6. The standard InChI is InChI=1S/C23H32N4O5/c1-14(2)24-22(30)26-11-23(12-26)13-27(19(29)10-31-4)18(9-28)21-20(23)16-7-6-15(32-5)8-17(16)25(21)3/h6-8,14,18,28H,9-13H2,1-5H3,(H,24,30)/t18-/m1/s1. The van der Waals surface area contributed by atoms with Crippen molar-refractivity contribution in [2.75, 3.05) is 47.1 Å². The van der Waals surface area contributed by atoms with Gasteiger partial charge in [0.05, 0.1) is 30.7 Å². The Hall–Kier alpha value is -2.78. The zero-order valence-electron chi connectivity index (χ0n) is 19.3. The summed E-state index contributed by atoms with van der Waals surface area (Å²) in [5.41, 5.74) is 2.56. The van der Waals surface area contributed by atoms with E-state index in [-0.39, 0.29) is 31.2 Å². The van der Waals surface area contributed by atoms with Crippen molar-refractivity contribution in [2.45, 2.75) is 31.3 Å². The monoisotopic (exact) mass is 444 g/mol. The topological polar surface area (TPSA) is 96.3 Å². The van der Waals surface area contributed by atoms with Crippen LogP contribution in [0.2, 0.25) is 0 Å². The van der Waals surface area contributed by atoms with Crippen LogP contribution in [0, 0.1) is 0 Å². The van der Waals surface area contributed by atoms with Crippen molar-refractivity contribution in [1.82, 2.24) is 19.7 Å². The first-order valence-corrected chi connectivity index (χ1v) is 10.9. The largest absolute Gasteiger partial charge is 0.497 e. The minimum atomic E-state index is -0.486. The quantitative estimate of drug-likeness (QED) is 0.727. The summed E-state index contributed by atoms with van der Waals surface area (Å²) in [5, 5.41) is 14.3. The molecule has 0 aliphatic carbocycles. The molecule has 0 saturated carbocycles. The number of nitrogens with zero attached hydrogens (tertiary/aromatic N) is 3. The number of aromatic nitrogens is 1. The van der Waals surface area contributed by atoms with E-state index in [1.807, 2.05) is 43.7 Å². The highest BCUT2D eigenvalue weighted by molar-refractivity contribution is 5.90. The highest BCUT2D eigenvalue weighted by atomic mass is 16.5. The highest BCUT2D eigenvalue weighted by Crippen LogP contribution is 2.49. The summed E-state index contributed by atoms with van der Waals surface area (Å²) >= 11 is 0. The third kappa shape index (κ3) is 3.40. The minimum Gasteiger partial charge on any atom is -0.497 e. The lowest BCUT2D eigenvalue weighted by atomic mass is 9.68. The molecule has 0 unspecified atom stereocenters. The van der Waals surface area contributed by atoms with Crippen LogP contribution in [0.5, 0.6) is 5.75 Å². The molecule has 1 aromatic heterocycles. The molecule has 1 spiro atoms. The SMILES string of the molecule is COCC(=O)N1CC2(CN(C(=O)NC(C)C)C2)c2c(n(C)c3cc(OC)ccc23)[C@H]1CO. The molecule has 3 amide bonds. The summed E-state index contributed by atoms with van der Waals surface area (Å²) in [4.78, 5) is 29.1. The predicted molar refractivity (Wildman–Crippen MR) is 120 cm³/mol. The van der Waals surface area contributed by atoms with Gasteiger partial charge < -0.3 is 34.3 Å². The van der Waals surface area contributed by atoms with Crippen LogP contribution in [0.3, 0.4) is 0 Å². The van der Waals surface area contributed by atoms with E-state index in [4.69, 9.17) is 9.47 Å². The van der Waals surface area contributed by atoms with Crippen molar-refractivity contribution in [3.8, 4) is 5.75 Å². The minimum absolute atomic E-state index is 0.0459. The number of aliphatic hydroxyl groups is 1. The number of hydrogen-bond acceptors (Lipinski definition) is 5. The Labute approximate surface area is 187 Å². The van der Waals surface area contributed by atoms with Gasteiger partial charge in [0.2, 0.25) is 5.91 Å². The number of carbonyl (C=O) groups is 2. The fourth-order valence-electron chi connectivity index (χ4n) is 5.25. The molecule has 3 heterocycles. The number of hydrogen-bond donors (Lipinski definition) is 2. The number of rotatable bonds is 5. The van der Waals surface area contributed by atoms with Gasteiger partial charge in [0.25, 0.3) is 0 Å². The van der Waals surface area contributed by atoms with Gasteiger partial charge in [-0.05, 0) is 31.5 Å². The lowest BCUT2D eigenvalue weighted by Crippen LogP contribution is -2.69. The smallest absolute Gasteiger partial charge is 0.317 e. The van der Waals surface area contributed by atoms with E-state index in [0.29, 0.717) is 19.6 Å². The van der Waals surface area contributed by atoms with E-state index >= 15 is 0 Å². The molecule has 1 aromatic carbocycles. The number of nitrogens with one attached hydrogen (secondary N) is 1. The van der Waals surface area contributed by atoms with E-state index < -0.39 is 11.5 Å². The molecular formula is C23H32N4O5. The van der Waals surface area contributed by atoms with Gasteiger partial charge in [0.1, 0.15) is 12.4 Å². The van der Waals surface area contributed by atoms with Gasteiger partial charge in [-0.15, -0.1) is 0 Å². The first kappa shape index (κ1) is 22.4. The molecule has 2 aliphatic rings. The summed E-state index contributed by atoms with van der Waals surface area (Å²) in [5.74, 6) is 0.563. The van der Waals surface area contributed by atoms with E-state index in [0.717, 1.165) is 27.9 Å². The van der Waals surface area contributed by atoms with Crippen molar-refractivity contribution in [1.29, 1.82) is 0 Å². The Bertz CT molecular complexity index is 1040. The fraction of sp³-hybridized carbons (Fsp3) is 0.565. The second-order valence-electron chi connectivity index (χ2n) is 9.10. The molecule has 1 saturated heterocycles. The van der Waals surface area contributed by atoms with Crippen LogP contribution in [-0.4, -0.2) is 84.5 Å². The maximum atomic E-state index is 13.0. The molecule has 1 fully saturated rings. The first-order valence-electron chi connectivity index (χ1n) is 10.9. The first-order chi connectivity index (χ1) is 15.3. The third-order valence-corrected chi connectivity index (χ3v) is 6.60. The van der Waals surface area contributed by atoms with Gasteiger partial charge in [-0.3, -0.25) is 4.79 Å². The normalized spacial score (nSPS) is 19.3. The van der Waals surface area contributed by atoms with Gasteiger partial charge in [0.15, 0.2) is 0 Å². The van der Waals surface area contributed by atoms with Gasteiger partial charge in [-0.25, -0.2) is 4.79 Å².